The lowest BCUT2D eigenvalue weighted by Crippen LogP contribution is -2.03. The summed E-state index contributed by atoms with van der Waals surface area (Å²) >= 11 is 6.77. The molecular formula is C9H6ClN3OS. The Bertz CT molecular complexity index is 472. The molecule has 0 aliphatic carbocycles. The van der Waals surface area contributed by atoms with E-state index in [1.807, 2.05) is 0 Å². The van der Waals surface area contributed by atoms with Crippen LogP contribution in [0.5, 0.6) is 0 Å². The summed E-state index contributed by atoms with van der Waals surface area (Å²) in [5.74, 6) is -0.0352. The molecule has 15 heavy (non-hydrogen) atoms. The highest BCUT2D eigenvalue weighted by Gasteiger charge is 2.09. The fourth-order valence-electron chi connectivity index (χ4n) is 1.10. The molecule has 0 bridgehead atoms. The van der Waals surface area contributed by atoms with Gasteiger partial charge in [0.25, 0.3) is 0 Å². The maximum absolute atomic E-state index is 11.7. The van der Waals surface area contributed by atoms with Gasteiger partial charge in [-0.1, -0.05) is 11.6 Å². The van der Waals surface area contributed by atoms with E-state index in [4.69, 9.17) is 11.6 Å². The van der Waals surface area contributed by atoms with Crippen molar-refractivity contribution in [1.82, 2.24) is 13.7 Å². The number of hydrogen-bond acceptors (Lipinski definition) is 5. The van der Waals surface area contributed by atoms with Crippen molar-refractivity contribution in [3.63, 3.8) is 0 Å². The Balaban J connectivity index is 2.15. The molecule has 0 radical (unpaired) electrons. The highest BCUT2D eigenvalue weighted by atomic mass is 35.5. The normalized spacial score (nSPS) is 10.2. The van der Waals surface area contributed by atoms with E-state index in [0.717, 1.165) is 11.7 Å². The van der Waals surface area contributed by atoms with Crippen molar-refractivity contribution in [2.24, 2.45) is 0 Å². The fourth-order valence-corrected chi connectivity index (χ4v) is 1.71. The number of hydrogen-bond donors (Lipinski definition) is 0. The number of nitrogens with zero attached hydrogens (tertiary/aromatic N) is 3. The third-order valence-electron chi connectivity index (χ3n) is 1.80. The molecular weight excluding hydrogens is 234 g/mol. The SMILES string of the molecule is O=C(Cc1cnsn1)c1ccnc(Cl)c1. The van der Waals surface area contributed by atoms with Gasteiger partial charge < -0.3 is 0 Å². The number of halogens is 1. The molecule has 0 N–H and O–H groups in total. The van der Waals surface area contributed by atoms with Crippen LogP contribution in [-0.4, -0.2) is 19.5 Å². The van der Waals surface area contributed by atoms with Crippen molar-refractivity contribution < 1.29 is 4.79 Å². The van der Waals surface area contributed by atoms with Gasteiger partial charge in [0.2, 0.25) is 0 Å². The largest absolute Gasteiger partial charge is 0.294 e. The lowest BCUT2D eigenvalue weighted by molar-refractivity contribution is 0.0992. The van der Waals surface area contributed by atoms with Crippen molar-refractivity contribution in [3.05, 3.63) is 40.9 Å². The Hall–Kier alpha value is -1.33. The van der Waals surface area contributed by atoms with Crippen LogP contribution in [0.2, 0.25) is 5.15 Å². The number of pyridine rings is 1. The van der Waals surface area contributed by atoms with E-state index in [1.54, 1.807) is 18.3 Å². The third kappa shape index (κ3) is 2.57. The van der Waals surface area contributed by atoms with E-state index < -0.39 is 0 Å². The fraction of sp³-hybridized carbons (Fsp3) is 0.111. The Morgan fingerprint density at radius 3 is 3.07 bits per heavy atom. The molecule has 6 heteroatoms. The first kappa shape index (κ1) is 10.2. The molecule has 2 aromatic heterocycles. The van der Waals surface area contributed by atoms with Crippen molar-refractivity contribution in [2.45, 2.75) is 6.42 Å². The van der Waals surface area contributed by atoms with Gasteiger partial charge in [-0.15, -0.1) is 0 Å². The minimum atomic E-state index is -0.0352. The van der Waals surface area contributed by atoms with Crippen LogP contribution in [0.3, 0.4) is 0 Å². The van der Waals surface area contributed by atoms with Crippen LogP contribution in [-0.2, 0) is 6.42 Å². The number of ketones is 1. The topological polar surface area (TPSA) is 55.7 Å². The second kappa shape index (κ2) is 4.46. The summed E-state index contributed by atoms with van der Waals surface area (Å²) in [4.78, 5) is 15.5. The van der Waals surface area contributed by atoms with E-state index in [-0.39, 0.29) is 12.2 Å². The number of aromatic nitrogens is 3. The molecule has 2 rings (SSSR count). The first-order valence-corrected chi connectivity index (χ1v) is 5.28. The molecule has 0 aliphatic rings. The molecule has 0 atom stereocenters. The first-order chi connectivity index (χ1) is 7.25. The van der Waals surface area contributed by atoms with Crippen molar-refractivity contribution in [2.75, 3.05) is 0 Å². The predicted octanol–water partition coefficient (Wildman–Crippen LogP) is 2.01. The smallest absolute Gasteiger partial charge is 0.169 e. The number of Topliss-reactive ketones (excluding diaryl/α,β-unsaturated/α-hetero) is 1. The van der Waals surface area contributed by atoms with Gasteiger partial charge in [-0.2, -0.15) is 8.75 Å². The Morgan fingerprint density at radius 2 is 2.40 bits per heavy atom. The molecule has 0 saturated heterocycles. The zero-order valence-electron chi connectivity index (χ0n) is 7.55. The summed E-state index contributed by atoms with van der Waals surface area (Å²) in [5.41, 5.74) is 1.22. The number of carbonyl (C=O) groups is 1. The lowest BCUT2D eigenvalue weighted by atomic mass is 10.1. The molecule has 0 unspecified atom stereocenters. The zero-order chi connectivity index (χ0) is 10.7. The number of rotatable bonds is 3. The minimum absolute atomic E-state index is 0.0352. The molecule has 0 saturated carbocycles. The van der Waals surface area contributed by atoms with Crippen LogP contribution in [0.25, 0.3) is 0 Å². The van der Waals surface area contributed by atoms with Crippen LogP contribution < -0.4 is 0 Å². The van der Waals surface area contributed by atoms with Crippen molar-refractivity contribution in [3.8, 4) is 0 Å². The Morgan fingerprint density at radius 1 is 1.53 bits per heavy atom. The maximum atomic E-state index is 11.7. The molecule has 2 aromatic rings. The van der Waals surface area contributed by atoms with Crippen LogP contribution in [0.1, 0.15) is 16.1 Å². The van der Waals surface area contributed by atoms with Gasteiger partial charge in [0.1, 0.15) is 5.15 Å². The number of carbonyl (C=O) groups excluding carboxylic acids is 1. The molecule has 0 amide bonds. The van der Waals surface area contributed by atoms with Gasteiger partial charge in [0, 0.05) is 11.8 Å². The average Bonchev–Trinajstić information content (AvgIpc) is 2.70. The van der Waals surface area contributed by atoms with E-state index in [9.17, 15) is 4.79 Å². The van der Waals surface area contributed by atoms with E-state index in [2.05, 4.69) is 13.7 Å². The summed E-state index contributed by atoms with van der Waals surface area (Å²) < 4.78 is 7.79. The standard InChI is InChI=1S/C9H6ClN3OS/c10-9-3-6(1-2-11-9)8(14)4-7-5-12-15-13-7/h1-3,5H,4H2. The Labute approximate surface area is 95.3 Å². The minimum Gasteiger partial charge on any atom is -0.294 e. The highest BCUT2D eigenvalue weighted by Crippen LogP contribution is 2.10. The van der Waals surface area contributed by atoms with E-state index in [0.29, 0.717) is 16.4 Å². The molecule has 76 valence electrons. The summed E-state index contributed by atoms with van der Waals surface area (Å²) in [6.45, 7) is 0. The molecule has 0 fully saturated rings. The van der Waals surface area contributed by atoms with E-state index >= 15 is 0 Å². The van der Waals surface area contributed by atoms with Crippen LogP contribution in [0.4, 0.5) is 0 Å². The second-order valence-corrected chi connectivity index (χ2v) is 3.81. The molecule has 4 nitrogen and oxygen atoms in total. The van der Waals surface area contributed by atoms with Gasteiger partial charge in [-0.3, -0.25) is 4.79 Å². The predicted molar refractivity (Wildman–Crippen MR) is 57.2 cm³/mol. The van der Waals surface area contributed by atoms with Crippen molar-refractivity contribution in [1.29, 1.82) is 0 Å². The van der Waals surface area contributed by atoms with Gasteiger partial charge >= 0.3 is 0 Å². The average molecular weight is 240 g/mol. The third-order valence-corrected chi connectivity index (χ3v) is 2.52. The summed E-state index contributed by atoms with van der Waals surface area (Å²) in [6, 6.07) is 3.18. The van der Waals surface area contributed by atoms with Crippen LogP contribution >= 0.6 is 23.3 Å². The molecule has 0 aliphatic heterocycles. The molecule has 0 spiro atoms. The quantitative estimate of drug-likeness (QED) is 0.607. The maximum Gasteiger partial charge on any atom is 0.169 e. The van der Waals surface area contributed by atoms with Crippen LogP contribution in [0, 0.1) is 0 Å². The molecule has 0 aromatic carbocycles. The zero-order valence-corrected chi connectivity index (χ0v) is 9.13. The van der Waals surface area contributed by atoms with Crippen LogP contribution in [0.15, 0.2) is 24.5 Å². The monoisotopic (exact) mass is 239 g/mol. The van der Waals surface area contributed by atoms with Gasteiger partial charge in [-0.25, -0.2) is 4.98 Å². The van der Waals surface area contributed by atoms with E-state index in [1.165, 1.54) is 6.20 Å². The molecule has 2 heterocycles. The van der Waals surface area contributed by atoms with Gasteiger partial charge in [0.15, 0.2) is 5.78 Å². The lowest BCUT2D eigenvalue weighted by Gasteiger charge is -1.98. The second-order valence-electron chi connectivity index (χ2n) is 2.87. The summed E-state index contributed by atoms with van der Waals surface area (Å²) in [6.07, 6.45) is 3.34. The van der Waals surface area contributed by atoms with Gasteiger partial charge in [-0.05, 0) is 12.1 Å². The highest BCUT2D eigenvalue weighted by molar-refractivity contribution is 6.99. The Kier molecular flexibility index (Phi) is 3.03. The summed E-state index contributed by atoms with van der Waals surface area (Å²) in [5, 5.41) is 0.317. The van der Waals surface area contributed by atoms with Gasteiger partial charge in [0.05, 0.1) is 30.0 Å². The van der Waals surface area contributed by atoms with Crippen molar-refractivity contribution >= 4 is 29.1 Å². The summed E-state index contributed by atoms with van der Waals surface area (Å²) in [7, 11) is 0. The first-order valence-electron chi connectivity index (χ1n) is 4.17.